The van der Waals surface area contributed by atoms with Gasteiger partial charge in [0, 0.05) is 0 Å². The Labute approximate surface area is 110 Å². The summed E-state index contributed by atoms with van der Waals surface area (Å²) in [6.45, 7) is 0. The first-order valence-electron chi connectivity index (χ1n) is 3.45. The second-order valence-corrected chi connectivity index (χ2v) is 3.30. The van der Waals surface area contributed by atoms with Crippen LogP contribution in [0.25, 0.3) is 0 Å². The Morgan fingerprint density at radius 3 is 2.47 bits per heavy atom. The normalized spacial score (nSPS) is 12.1. The Balaban J connectivity index is 0.00000196. The molecule has 0 radical (unpaired) electrons. The third kappa shape index (κ3) is 4.38. The number of halogens is 3. The van der Waals surface area contributed by atoms with Crippen LogP contribution < -0.4 is 34.7 Å². The molecular formula is C8H4F3NaO2S. The fourth-order valence-corrected chi connectivity index (χ4v) is 1.33. The summed E-state index contributed by atoms with van der Waals surface area (Å²) in [5.41, 5.74) is 0. The summed E-state index contributed by atoms with van der Waals surface area (Å²) in [6, 6.07) is 2.87. The number of ketones is 1. The number of thiophene rings is 1. The number of carbonyl (C=O) groups is 1. The predicted molar refractivity (Wildman–Crippen MR) is 42.8 cm³/mol. The molecule has 0 aliphatic carbocycles. The van der Waals surface area contributed by atoms with Crippen molar-refractivity contribution >= 4 is 17.1 Å². The number of rotatable bonds is 2. The summed E-state index contributed by atoms with van der Waals surface area (Å²) in [6.07, 6.45) is -4.92. The van der Waals surface area contributed by atoms with Gasteiger partial charge in [0.25, 0.3) is 0 Å². The zero-order chi connectivity index (χ0) is 10.8. The number of hydrogen-bond acceptors (Lipinski definition) is 3. The summed E-state index contributed by atoms with van der Waals surface area (Å²) in [5, 5.41) is 11.9. The number of hydrogen-bond donors (Lipinski definition) is 0. The molecule has 15 heavy (non-hydrogen) atoms. The average Bonchev–Trinajstić information content (AvgIpc) is 2.53. The van der Waals surface area contributed by atoms with E-state index in [0.29, 0.717) is 0 Å². The van der Waals surface area contributed by atoms with E-state index in [4.69, 9.17) is 0 Å². The zero-order valence-electron chi connectivity index (χ0n) is 7.67. The van der Waals surface area contributed by atoms with E-state index in [9.17, 15) is 23.1 Å². The summed E-state index contributed by atoms with van der Waals surface area (Å²) < 4.78 is 35.2. The second kappa shape index (κ2) is 5.69. The van der Waals surface area contributed by atoms with E-state index in [-0.39, 0.29) is 40.5 Å². The van der Waals surface area contributed by atoms with Crippen LogP contribution in [0.1, 0.15) is 9.67 Å². The van der Waals surface area contributed by atoms with Crippen molar-refractivity contribution in [1.29, 1.82) is 0 Å². The first-order chi connectivity index (χ1) is 6.41. The van der Waals surface area contributed by atoms with Crippen molar-refractivity contribution in [3.05, 3.63) is 34.2 Å². The number of alkyl halides is 3. The summed E-state index contributed by atoms with van der Waals surface area (Å²) in [7, 11) is 0. The summed E-state index contributed by atoms with van der Waals surface area (Å²) in [5.74, 6) is -3.04. The molecule has 1 heterocycles. The Morgan fingerprint density at radius 2 is 2.07 bits per heavy atom. The van der Waals surface area contributed by atoms with Crippen molar-refractivity contribution in [2.75, 3.05) is 0 Å². The maximum Gasteiger partial charge on any atom is 1.00 e. The molecule has 2 nitrogen and oxygen atoms in total. The van der Waals surface area contributed by atoms with Gasteiger partial charge >= 0.3 is 35.7 Å². The molecule has 76 valence electrons. The van der Waals surface area contributed by atoms with Crippen LogP contribution in [-0.4, -0.2) is 12.0 Å². The van der Waals surface area contributed by atoms with Crippen molar-refractivity contribution in [2.24, 2.45) is 0 Å². The van der Waals surface area contributed by atoms with Gasteiger partial charge < -0.3 is 5.11 Å². The molecule has 0 bridgehead atoms. The molecular weight excluding hydrogens is 240 g/mol. The molecule has 0 aliphatic rings. The van der Waals surface area contributed by atoms with Crippen LogP contribution in [0.5, 0.6) is 0 Å². The van der Waals surface area contributed by atoms with Gasteiger partial charge in [0.05, 0.1) is 4.88 Å². The molecule has 0 spiro atoms. The molecule has 0 aromatic carbocycles. The van der Waals surface area contributed by atoms with Crippen molar-refractivity contribution in [3.8, 4) is 0 Å². The first kappa shape index (κ1) is 14.7. The van der Waals surface area contributed by atoms with Crippen molar-refractivity contribution in [1.82, 2.24) is 0 Å². The Morgan fingerprint density at radius 1 is 1.47 bits per heavy atom. The first-order valence-corrected chi connectivity index (χ1v) is 4.33. The van der Waals surface area contributed by atoms with Gasteiger partial charge in [0.2, 0.25) is 0 Å². The molecule has 0 aliphatic heterocycles. The van der Waals surface area contributed by atoms with Gasteiger partial charge in [-0.25, -0.2) is 0 Å². The van der Waals surface area contributed by atoms with Crippen LogP contribution in [0, 0.1) is 0 Å². The maximum atomic E-state index is 11.7. The molecule has 0 N–H and O–H groups in total. The zero-order valence-corrected chi connectivity index (χ0v) is 10.5. The van der Waals surface area contributed by atoms with Gasteiger partial charge in [-0.3, -0.25) is 4.79 Å². The molecule has 7 heteroatoms. The van der Waals surface area contributed by atoms with Crippen LogP contribution in [0.2, 0.25) is 0 Å². The monoisotopic (exact) mass is 244 g/mol. The van der Waals surface area contributed by atoms with Crippen LogP contribution in [0.15, 0.2) is 29.3 Å². The van der Waals surface area contributed by atoms with E-state index in [1.165, 1.54) is 12.1 Å². The minimum atomic E-state index is -4.98. The third-order valence-corrected chi connectivity index (χ3v) is 2.19. The molecule has 0 unspecified atom stereocenters. The minimum Gasteiger partial charge on any atom is -0.869 e. The smallest absolute Gasteiger partial charge is 0.869 e. The van der Waals surface area contributed by atoms with Crippen LogP contribution in [-0.2, 0) is 0 Å². The Bertz CT molecular complexity index is 356. The van der Waals surface area contributed by atoms with Gasteiger partial charge in [0.1, 0.15) is 0 Å². The molecule has 1 rings (SSSR count). The van der Waals surface area contributed by atoms with E-state index in [2.05, 4.69) is 0 Å². The standard InChI is InChI=1S/C8H5F3O2S.Na/c9-8(10,11)7(13)4-5(12)6-2-1-3-14-6;/h1-4,13H;/q;+1/p-1. The Hall–Kier alpha value is -0.300. The van der Waals surface area contributed by atoms with E-state index in [1.807, 2.05) is 0 Å². The minimum absolute atomic E-state index is 0. The Kier molecular flexibility index (Phi) is 5.58. The third-order valence-electron chi connectivity index (χ3n) is 1.31. The topological polar surface area (TPSA) is 40.1 Å². The van der Waals surface area contributed by atoms with E-state index >= 15 is 0 Å². The average molecular weight is 244 g/mol. The van der Waals surface area contributed by atoms with E-state index in [1.54, 1.807) is 5.38 Å². The van der Waals surface area contributed by atoms with E-state index < -0.39 is 17.7 Å². The molecule has 1 aromatic rings. The van der Waals surface area contributed by atoms with Gasteiger partial charge in [-0.2, -0.15) is 13.2 Å². The molecule has 0 amide bonds. The molecule has 0 fully saturated rings. The summed E-state index contributed by atoms with van der Waals surface area (Å²) in [4.78, 5) is 11.1. The molecule has 0 saturated carbocycles. The summed E-state index contributed by atoms with van der Waals surface area (Å²) >= 11 is 0.983. The van der Waals surface area contributed by atoms with Crippen molar-refractivity contribution in [3.63, 3.8) is 0 Å². The van der Waals surface area contributed by atoms with Gasteiger partial charge in [0.15, 0.2) is 5.78 Å². The fourth-order valence-electron chi connectivity index (χ4n) is 0.691. The fraction of sp³-hybridized carbons (Fsp3) is 0.125. The SMILES string of the molecule is O=C(C=C([O-])C(F)(F)F)c1cccs1.[Na+]. The molecule has 1 aromatic heterocycles. The maximum absolute atomic E-state index is 11.7. The van der Waals surface area contributed by atoms with Crippen LogP contribution >= 0.6 is 11.3 Å². The van der Waals surface area contributed by atoms with Crippen LogP contribution in [0.3, 0.4) is 0 Å². The predicted octanol–water partition coefficient (Wildman–Crippen LogP) is -1.26. The van der Waals surface area contributed by atoms with Gasteiger partial charge in [-0.15, -0.1) is 11.3 Å². The number of allylic oxidation sites excluding steroid dienone is 2. The largest absolute Gasteiger partial charge is 1.00 e. The quantitative estimate of drug-likeness (QED) is 0.282. The number of carbonyl (C=O) groups excluding carboxylic acids is 1. The van der Waals surface area contributed by atoms with Crippen molar-refractivity contribution in [2.45, 2.75) is 6.18 Å². The van der Waals surface area contributed by atoms with E-state index in [0.717, 1.165) is 11.3 Å². The van der Waals surface area contributed by atoms with Gasteiger partial charge in [-0.1, -0.05) is 6.07 Å². The van der Waals surface area contributed by atoms with Crippen molar-refractivity contribution < 1.29 is 52.6 Å². The van der Waals surface area contributed by atoms with Crippen LogP contribution in [0.4, 0.5) is 13.2 Å². The molecule has 0 saturated heterocycles. The second-order valence-electron chi connectivity index (χ2n) is 2.35. The van der Waals surface area contributed by atoms with Gasteiger partial charge in [-0.05, 0) is 23.3 Å². The molecule has 0 atom stereocenters.